The van der Waals surface area contributed by atoms with Crippen molar-refractivity contribution in [3.63, 3.8) is 0 Å². The first-order chi connectivity index (χ1) is 14.1. The highest BCUT2D eigenvalue weighted by Crippen LogP contribution is 2.56. The van der Waals surface area contributed by atoms with Gasteiger partial charge < -0.3 is 14.9 Å². The molecular formula is C24H24O6. The number of ether oxygens (including phenoxy) is 1. The molecule has 5 aliphatic rings. The van der Waals surface area contributed by atoms with E-state index in [9.17, 15) is 24.6 Å². The van der Waals surface area contributed by atoms with Crippen molar-refractivity contribution in [3.05, 3.63) is 46.2 Å². The van der Waals surface area contributed by atoms with Crippen molar-refractivity contribution < 1.29 is 29.3 Å². The molecule has 0 heterocycles. The number of rotatable bonds is 1. The van der Waals surface area contributed by atoms with Crippen LogP contribution in [0.5, 0.6) is 11.5 Å². The van der Waals surface area contributed by atoms with E-state index in [1.807, 2.05) is 12.2 Å². The number of carbonyl (C=O) groups excluding carboxylic acids is 3. The van der Waals surface area contributed by atoms with Crippen molar-refractivity contribution in [2.24, 2.45) is 11.8 Å². The predicted octanol–water partition coefficient (Wildman–Crippen LogP) is 3.91. The molecule has 0 aromatic heterocycles. The Morgan fingerprint density at radius 1 is 0.900 bits per heavy atom. The Labute approximate surface area is 174 Å². The third kappa shape index (κ3) is 2.52. The first-order valence-corrected chi connectivity index (χ1v) is 10.4. The maximum Gasteiger partial charge on any atom is 0.178 e. The molecule has 0 saturated heterocycles. The Kier molecular flexibility index (Phi) is 3.86. The summed E-state index contributed by atoms with van der Waals surface area (Å²) in [6.45, 7) is 5.40. The van der Waals surface area contributed by atoms with Gasteiger partial charge in [0.2, 0.25) is 0 Å². The Morgan fingerprint density at radius 2 is 1.43 bits per heavy atom. The van der Waals surface area contributed by atoms with Crippen LogP contribution in [-0.4, -0.2) is 33.2 Å². The molecule has 1 aromatic carbocycles. The Balaban J connectivity index is 1.72. The van der Waals surface area contributed by atoms with Crippen molar-refractivity contribution in [2.45, 2.75) is 57.5 Å². The number of carbonyl (C=O) groups is 3. The van der Waals surface area contributed by atoms with E-state index in [2.05, 4.69) is 0 Å². The van der Waals surface area contributed by atoms with Gasteiger partial charge in [-0.1, -0.05) is 12.2 Å². The molecule has 0 radical (unpaired) electrons. The topological polar surface area (TPSA) is 101 Å². The number of allylic oxidation sites excluding steroid dienone is 4. The molecule has 6 heteroatoms. The first-order valence-electron chi connectivity index (χ1n) is 10.4. The molecule has 2 bridgehead atoms. The van der Waals surface area contributed by atoms with Gasteiger partial charge in [-0.15, -0.1) is 0 Å². The fourth-order valence-corrected chi connectivity index (χ4v) is 5.48. The molecule has 0 spiro atoms. The van der Waals surface area contributed by atoms with Gasteiger partial charge in [-0.2, -0.15) is 0 Å². The second kappa shape index (κ2) is 6.06. The summed E-state index contributed by atoms with van der Waals surface area (Å²) < 4.78 is 5.90. The molecule has 156 valence electrons. The number of benzene rings is 1. The van der Waals surface area contributed by atoms with Crippen LogP contribution in [0.3, 0.4) is 0 Å². The Hall–Kier alpha value is -2.89. The lowest BCUT2D eigenvalue weighted by molar-refractivity contribution is -0.116. The van der Waals surface area contributed by atoms with Gasteiger partial charge in [0.25, 0.3) is 0 Å². The van der Waals surface area contributed by atoms with Crippen molar-refractivity contribution in [1.82, 2.24) is 0 Å². The van der Waals surface area contributed by atoms with Crippen LogP contribution < -0.4 is 0 Å². The van der Waals surface area contributed by atoms with E-state index in [0.29, 0.717) is 11.1 Å². The van der Waals surface area contributed by atoms with Crippen LogP contribution in [0.4, 0.5) is 0 Å². The van der Waals surface area contributed by atoms with Crippen LogP contribution in [0.1, 0.15) is 83.7 Å². The molecule has 6 rings (SSSR count). The summed E-state index contributed by atoms with van der Waals surface area (Å²) >= 11 is 0. The smallest absolute Gasteiger partial charge is 0.178 e. The van der Waals surface area contributed by atoms with Crippen molar-refractivity contribution in [2.75, 3.05) is 0 Å². The lowest BCUT2D eigenvalue weighted by Gasteiger charge is -2.40. The minimum atomic E-state index is -0.971. The van der Waals surface area contributed by atoms with Gasteiger partial charge in [-0.25, -0.2) is 0 Å². The van der Waals surface area contributed by atoms with E-state index in [-0.39, 0.29) is 52.4 Å². The maximum absolute atomic E-state index is 13.6. The quantitative estimate of drug-likeness (QED) is 0.540. The maximum atomic E-state index is 13.6. The molecule has 6 nitrogen and oxygen atoms in total. The Morgan fingerprint density at radius 3 is 1.93 bits per heavy atom. The number of Topliss-reactive ketones (excluding diaryl/α,β-unsaturated/α-hetero) is 2. The molecule has 4 atom stereocenters. The molecular weight excluding hydrogens is 384 g/mol. The van der Waals surface area contributed by atoms with Crippen LogP contribution >= 0.6 is 0 Å². The highest BCUT2D eigenvalue weighted by Gasteiger charge is 2.52. The van der Waals surface area contributed by atoms with Gasteiger partial charge in [0.05, 0.1) is 17.0 Å². The lowest BCUT2D eigenvalue weighted by Crippen LogP contribution is -2.43. The summed E-state index contributed by atoms with van der Waals surface area (Å²) in [7, 11) is 0. The summed E-state index contributed by atoms with van der Waals surface area (Å²) in [6.07, 6.45) is 6.80. The highest BCUT2D eigenvalue weighted by atomic mass is 16.5. The summed E-state index contributed by atoms with van der Waals surface area (Å²) in [5.74, 6) is -3.58. The summed E-state index contributed by atoms with van der Waals surface area (Å²) in [5, 5.41) is 22.2. The van der Waals surface area contributed by atoms with Crippen molar-refractivity contribution in [1.29, 1.82) is 0 Å². The van der Waals surface area contributed by atoms with Gasteiger partial charge in [-0.05, 0) is 33.6 Å². The molecule has 0 fully saturated rings. The zero-order valence-electron chi connectivity index (χ0n) is 17.2. The predicted molar refractivity (Wildman–Crippen MR) is 108 cm³/mol. The first kappa shape index (κ1) is 19.1. The van der Waals surface area contributed by atoms with Crippen LogP contribution in [0, 0.1) is 11.8 Å². The molecule has 30 heavy (non-hydrogen) atoms. The van der Waals surface area contributed by atoms with Gasteiger partial charge in [0.15, 0.2) is 17.3 Å². The minimum absolute atomic E-state index is 0.0874. The number of ketones is 3. The molecule has 5 aliphatic carbocycles. The number of aromatic hydroxyl groups is 2. The normalized spacial score (nSPS) is 29.3. The second-order valence-corrected chi connectivity index (χ2v) is 9.69. The third-order valence-corrected chi connectivity index (χ3v) is 6.60. The van der Waals surface area contributed by atoms with Gasteiger partial charge in [0.1, 0.15) is 22.9 Å². The summed E-state index contributed by atoms with van der Waals surface area (Å²) in [5.41, 5.74) is 0.174. The van der Waals surface area contributed by atoms with E-state index >= 15 is 0 Å². The van der Waals surface area contributed by atoms with Gasteiger partial charge in [-0.3, -0.25) is 14.4 Å². The lowest BCUT2D eigenvalue weighted by atomic mass is 9.64. The average Bonchev–Trinajstić information content (AvgIpc) is 2.67. The van der Waals surface area contributed by atoms with E-state index in [1.165, 1.54) is 6.08 Å². The van der Waals surface area contributed by atoms with E-state index < -0.39 is 29.0 Å². The van der Waals surface area contributed by atoms with Crippen molar-refractivity contribution >= 4 is 17.3 Å². The highest BCUT2D eigenvalue weighted by molar-refractivity contribution is 6.21. The molecule has 1 aromatic rings. The van der Waals surface area contributed by atoms with E-state index in [1.54, 1.807) is 20.8 Å². The number of fused-ring (bicyclic) bond motifs is 3. The van der Waals surface area contributed by atoms with Gasteiger partial charge >= 0.3 is 0 Å². The zero-order valence-corrected chi connectivity index (χ0v) is 17.2. The molecule has 0 saturated carbocycles. The average molecular weight is 408 g/mol. The fraction of sp³-hybridized carbons (Fsp3) is 0.458. The standard InChI is InChI=1S/C24H24O6/c1-24(2,3)30-14-9-12(25)8-13-17(14)23(29)19-18(20(13)26)21(27)15-10-4-6-11(7-5-10)16(15)22(19)28/h4,6,9-11,13,17,27-28H,5,7-8H2,1-3H3. The SMILES string of the molecule is CC(C)(C)OC1=CC(=O)CC2C(=O)c3c(O)c4c(c(O)c3C(=O)C12)C1C=CC4CC1. The fourth-order valence-electron chi connectivity index (χ4n) is 5.48. The van der Waals surface area contributed by atoms with E-state index in [0.717, 1.165) is 12.8 Å². The molecule has 0 aliphatic heterocycles. The summed E-state index contributed by atoms with van der Waals surface area (Å²) in [6, 6.07) is 0. The number of phenols is 2. The van der Waals surface area contributed by atoms with Crippen LogP contribution in [-0.2, 0) is 9.53 Å². The third-order valence-electron chi connectivity index (χ3n) is 6.60. The molecule has 4 unspecified atom stereocenters. The monoisotopic (exact) mass is 408 g/mol. The summed E-state index contributed by atoms with van der Waals surface area (Å²) in [4.78, 5) is 39.4. The van der Waals surface area contributed by atoms with E-state index in [4.69, 9.17) is 4.74 Å². The zero-order chi connectivity index (χ0) is 21.5. The second-order valence-electron chi connectivity index (χ2n) is 9.69. The van der Waals surface area contributed by atoms with Crippen molar-refractivity contribution in [3.8, 4) is 11.5 Å². The molecule has 0 amide bonds. The number of hydrogen-bond donors (Lipinski definition) is 2. The Bertz CT molecular complexity index is 1080. The van der Waals surface area contributed by atoms with Crippen LogP contribution in [0.15, 0.2) is 24.0 Å². The largest absolute Gasteiger partial charge is 0.507 e. The van der Waals surface area contributed by atoms with Crippen LogP contribution in [0.2, 0.25) is 0 Å². The molecule has 2 N–H and O–H groups in total. The number of hydrogen-bond acceptors (Lipinski definition) is 6. The number of phenolic OH excluding ortho intramolecular Hbond substituents is 2. The minimum Gasteiger partial charge on any atom is -0.507 e. The van der Waals surface area contributed by atoms with Gasteiger partial charge in [0, 0.05) is 41.4 Å². The van der Waals surface area contributed by atoms with Crippen LogP contribution in [0.25, 0.3) is 0 Å².